The molecule has 2 saturated heterocycles. The minimum absolute atomic E-state index is 0.0338. The van der Waals surface area contributed by atoms with Crippen molar-refractivity contribution in [3.63, 3.8) is 0 Å². The van der Waals surface area contributed by atoms with Crippen molar-refractivity contribution < 1.29 is 14.4 Å². The number of carbonyl (C=O) groups excluding carboxylic acids is 3. The fraction of sp³-hybridized carbons (Fsp3) is 0.824. The van der Waals surface area contributed by atoms with Gasteiger partial charge in [0, 0.05) is 26.1 Å². The molecule has 0 aromatic rings. The van der Waals surface area contributed by atoms with Crippen LogP contribution in [-0.2, 0) is 9.59 Å². The first-order chi connectivity index (χ1) is 10.9. The first kappa shape index (κ1) is 16.3. The van der Waals surface area contributed by atoms with Gasteiger partial charge in [-0.25, -0.2) is 4.79 Å². The second kappa shape index (κ2) is 5.80. The summed E-state index contributed by atoms with van der Waals surface area (Å²) in [6.45, 7) is 4.88. The average molecular weight is 321 g/mol. The van der Waals surface area contributed by atoms with Gasteiger partial charge < -0.3 is 9.80 Å². The van der Waals surface area contributed by atoms with Crippen LogP contribution in [0.1, 0.15) is 52.4 Å². The minimum Gasteiger partial charge on any atom is -0.340 e. The molecule has 0 aromatic heterocycles. The topological polar surface area (TPSA) is 60.9 Å². The largest absolute Gasteiger partial charge is 0.340 e. The fourth-order valence-electron chi connectivity index (χ4n) is 4.33. The Balaban J connectivity index is 1.77. The third kappa shape index (κ3) is 2.42. The summed E-state index contributed by atoms with van der Waals surface area (Å²) >= 11 is 0. The maximum absolute atomic E-state index is 13.1. The fourth-order valence-corrected chi connectivity index (χ4v) is 4.33. The van der Waals surface area contributed by atoms with Crippen LogP contribution in [0.15, 0.2) is 0 Å². The molecule has 4 amide bonds. The monoisotopic (exact) mass is 321 g/mol. The zero-order chi connectivity index (χ0) is 16.8. The molecule has 6 heteroatoms. The van der Waals surface area contributed by atoms with Gasteiger partial charge in [0.05, 0.1) is 6.04 Å². The van der Waals surface area contributed by atoms with E-state index in [2.05, 4.69) is 0 Å². The van der Waals surface area contributed by atoms with Crippen LogP contribution in [0.25, 0.3) is 0 Å². The van der Waals surface area contributed by atoms with E-state index < -0.39 is 5.54 Å². The lowest BCUT2D eigenvalue weighted by Crippen LogP contribution is -2.50. The number of rotatable bonds is 2. The summed E-state index contributed by atoms with van der Waals surface area (Å²) in [7, 11) is 1.76. The molecule has 0 radical (unpaired) electrons. The smallest absolute Gasteiger partial charge is 0.327 e. The summed E-state index contributed by atoms with van der Waals surface area (Å²) in [5, 5.41) is 0. The number of nitrogens with zero attached hydrogens (tertiary/aromatic N) is 3. The number of likely N-dealkylation sites (N-methyl/N-ethyl adjacent to an activating group) is 1. The number of carbonyl (C=O) groups is 3. The van der Waals surface area contributed by atoms with Gasteiger partial charge in [0.15, 0.2) is 0 Å². The molecule has 3 aliphatic rings. The highest BCUT2D eigenvalue weighted by Gasteiger charge is 2.57. The van der Waals surface area contributed by atoms with Crippen LogP contribution in [0.2, 0.25) is 0 Å². The maximum Gasteiger partial charge on any atom is 0.327 e. The molecule has 0 aromatic carbocycles. The van der Waals surface area contributed by atoms with Crippen molar-refractivity contribution in [2.75, 3.05) is 20.1 Å². The maximum atomic E-state index is 13.1. The highest BCUT2D eigenvalue weighted by molar-refractivity contribution is 6.07. The Bertz CT molecular complexity index is 525. The molecule has 3 fully saturated rings. The summed E-state index contributed by atoms with van der Waals surface area (Å²) < 4.78 is 0. The molecule has 0 bridgehead atoms. The molecule has 2 aliphatic heterocycles. The molecule has 1 atom stereocenters. The van der Waals surface area contributed by atoms with Gasteiger partial charge in [0.1, 0.15) is 5.54 Å². The van der Waals surface area contributed by atoms with Crippen LogP contribution in [0.3, 0.4) is 0 Å². The van der Waals surface area contributed by atoms with Crippen molar-refractivity contribution in [1.29, 1.82) is 0 Å². The van der Waals surface area contributed by atoms with Crippen LogP contribution >= 0.6 is 0 Å². The third-order valence-corrected chi connectivity index (χ3v) is 5.77. The number of amides is 4. The molecule has 0 N–H and O–H groups in total. The van der Waals surface area contributed by atoms with Crippen molar-refractivity contribution in [3.8, 4) is 0 Å². The first-order valence-corrected chi connectivity index (χ1v) is 8.79. The lowest BCUT2D eigenvalue weighted by Gasteiger charge is -2.36. The van der Waals surface area contributed by atoms with E-state index in [1.54, 1.807) is 16.8 Å². The van der Waals surface area contributed by atoms with Crippen LogP contribution in [0.5, 0.6) is 0 Å². The molecular weight excluding hydrogens is 294 g/mol. The summed E-state index contributed by atoms with van der Waals surface area (Å²) in [6.07, 6.45) is 5.37. The Kier molecular flexibility index (Phi) is 4.10. The Morgan fingerprint density at radius 2 is 1.83 bits per heavy atom. The van der Waals surface area contributed by atoms with E-state index in [1.165, 1.54) is 4.90 Å². The summed E-state index contributed by atoms with van der Waals surface area (Å²) in [6, 6.07) is -0.345. The molecule has 128 valence electrons. The van der Waals surface area contributed by atoms with Crippen LogP contribution in [0, 0.1) is 5.92 Å². The van der Waals surface area contributed by atoms with Gasteiger partial charge >= 0.3 is 6.03 Å². The molecule has 3 rings (SSSR count). The molecule has 23 heavy (non-hydrogen) atoms. The zero-order valence-electron chi connectivity index (χ0n) is 14.4. The van der Waals surface area contributed by atoms with E-state index >= 15 is 0 Å². The molecule has 1 unspecified atom stereocenters. The Morgan fingerprint density at radius 1 is 1.17 bits per heavy atom. The summed E-state index contributed by atoms with van der Waals surface area (Å²) in [5.41, 5.74) is -0.620. The van der Waals surface area contributed by atoms with Gasteiger partial charge in [0.2, 0.25) is 5.91 Å². The summed E-state index contributed by atoms with van der Waals surface area (Å²) in [4.78, 5) is 42.8. The Morgan fingerprint density at radius 3 is 2.43 bits per heavy atom. The Labute approximate surface area is 137 Å². The molecule has 1 spiro atoms. The van der Waals surface area contributed by atoms with Crippen LogP contribution < -0.4 is 0 Å². The average Bonchev–Trinajstić information content (AvgIpc) is 3.08. The normalized spacial score (nSPS) is 27.7. The number of imide groups is 1. The lowest BCUT2D eigenvalue weighted by molar-refractivity contribution is -0.137. The predicted molar refractivity (Wildman–Crippen MR) is 85.6 cm³/mol. The standard InChI is InChI=1S/C17H27N3O3/c1-12(2)14(21)19-10-7-13(11-19)20-15(22)17(18(3)16(20)23)8-5-4-6-9-17/h12-13H,4-11H2,1-3H3. The van der Waals surface area contributed by atoms with Crippen LogP contribution in [-0.4, -0.2) is 64.3 Å². The van der Waals surface area contributed by atoms with E-state index in [4.69, 9.17) is 0 Å². The van der Waals surface area contributed by atoms with Crippen molar-refractivity contribution in [1.82, 2.24) is 14.7 Å². The van der Waals surface area contributed by atoms with Gasteiger partial charge in [-0.05, 0) is 19.3 Å². The van der Waals surface area contributed by atoms with E-state index in [1.807, 2.05) is 13.8 Å². The van der Waals surface area contributed by atoms with E-state index in [-0.39, 0.29) is 29.8 Å². The molecule has 1 saturated carbocycles. The molecule has 6 nitrogen and oxygen atoms in total. The van der Waals surface area contributed by atoms with Gasteiger partial charge in [-0.2, -0.15) is 0 Å². The first-order valence-electron chi connectivity index (χ1n) is 8.79. The third-order valence-electron chi connectivity index (χ3n) is 5.77. The molecule has 2 heterocycles. The SMILES string of the molecule is CC(C)C(=O)N1CCC(N2C(=O)N(C)C3(CCCCC3)C2=O)C1. The molecular formula is C17H27N3O3. The van der Waals surface area contributed by atoms with Crippen molar-refractivity contribution in [3.05, 3.63) is 0 Å². The number of urea groups is 1. The van der Waals surface area contributed by atoms with Crippen molar-refractivity contribution in [2.24, 2.45) is 5.92 Å². The van der Waals surface area contributed by atoms with Crippen molar-refractivity contribution >= 4 is 17.8 Å². The van der Waals surface area contributed by atoms with E-state index in [9.17, 15) is 14.4 Å². The van der Waals surface area contributed by atoms with Crippen molar-refractivity contribution in [2.45, 2.75) is 64.0 Å². The van der Waals surface area contributed by atoms with E-state index in [0.29, 0.717) is 19.5 Å². The van der Waals surface area contributed by atoms with Crippen LogP contribution in [0.4, 0.5) is 4.79 Å². The second-order valence-electron chi connectivity index (χ2n) is 7.49. The van der Waals surface area contributed by atoms with Gasteiger partial charge in [0.25, 0.3) is 5.91 Å². The number of likely N-dealkylation sites (tertiary alicyclic amines) is 1. The highest BCUT2D eigenvalue weighted by atomic mass is 16.2. The zero-order valence-corrected chi connectivity index (χ0v) is 14.4. The number of hydrogen-bond acceptors (Lipinski definition) is 3. The quantitative estimate of drug-likeness (QED) is 0.729. The minimum atomic E-state index is -0.620. The van der Waals surface area contributed by atoms with Gasteiger partial charge in [-0.1, -0.05) is 33.1 Å². The predicted octanol–water partition coefficient (Wildman–Crippen LogP) is 1.84. The highest BCUT2D eigenvalue weighted by Crippen LogP contribution is 2.41. The number of hydrogen-bond donors (Lipinski definition) is 0. The Hall–Kier alpha value is -1.59. The molecule has 1 aliphatic carbocycles. The lowest BCUT2D eigenvalue weighted by atomic mass is 9.80. The van der Waals surface area contributed by atoms with Gasteiger partial charge in [-0.15, -0.1) is 0 Å². The van der Waals surface area contributed by atoms with Gasteiger partial charge in [-0.3, -0.25) is 14.5 Å². The van der Waals surface area contributed by atoms with E-state index in [0.717, 1.165) is 32.1 Å². The summed E-state index contributed by atoms with van der Waals surface area (Å²) in [5.74, 6) is 0.0203. The second-order valence-corrected chi connectivity index (χ2v) is 7.49.